The molecule has 12 heteroatoms. The van der Waals surface area contributed by atoms with Gasteiger partial charge in [-0.05, 0) is 36.4 Å². The predicted molar refractivity (Wildman–Crippen MR) is 124 cm³/mol. The molecule has 162 valence electrons. The van der Waals surface area contributed by atoms with Crippen molar-refractivity contribution in [3.63, 3.8) is 0 Å². The molecule has 1 heterocycles. The molecule has 0 atom stereocenters. The summed E-state index contributed by atoms with van der Waals surface area (Å²) in [5.74, 6) is 0.0307. The average molecular weight is 519 g/mol. The van der Waals surface area contributed by atoms with Gasteiger partial charge in [-0.1, -0.05) is 58.2 Å². The Morgan fingerprint density at radius 2 is 1.77 bits per heavy atom. The number of thioether (sulfide) groups is 1. The van der Waals surface area contributed by atoms with E-state index in [9.17, 15) is 9.59 Å². The molecule has 0 fully saturated rings. The number of amides is 2. The second-order valence-corrected chi connectivity index (χ2v) is 8.83. The minimum Gasteiger partial charge on any atom is -0.345 e. The number of halogens is 4. The normalized spacial score (nSPS) is 10.7. The highest BCUT2D eigenvalue weighted by molar-refractivity contribution is 7.99. The topological polar surface area (TPSA) is 88.9 Å². The van der Waals surface area contributed by atoms with Gasteiger partial charge in [-0.2, -0.15) is 0 Å². The first-order valence-corrected chi connectivity index (χ1v) is 11.2. The maximum atomic E-state index is 12.3. The molecule has 0 saturated heterocycles. The summed E-state index contributed by atoms with van der Waals surface area (Å²) in [7, 11) is 1.75. The van der Waals surface area contributed by atoms with Crippen LogP contribution >= 0.6 is 58.2 Å². The summed E-state index contributed by atoms with van der Waals surface area (Å²) in [5.41, 5.74) is 0.851. The fourth-order valence-electron chi connectivity index (χ4n) is 2.45. The zero-order chi connectivity index (χ0) is 22.5. The van der Waals surface area contributed by atoms with Gasteiger partial charge in [0.05, 0.1) is 32.9 Å². The molecule has 3 aromatic rings. The Kier molecular flexibility index (Phi) is 8.07. The Balaban J connectivity index is 1.54. The first-order chi connectivity index (χ1) is 14.7. The van der Waals surface area contributed by atoms with Gasteiger partial charge in [-0.15, -0.1) is 10.2 Å². The van der Waals surface area contributed by atoms with Crippen molar-refractivity contribution < 1.29 is 9.59 Å². The van der Waals surface area contributed by atoms with Gasteiger partial charge in [0, 0.05) is 17.8 Å². The minimum atomic E-state index is -0.361. The molecule has 0 saturated carbocycles. The third kappa shape index (κ3) is 6.27. The number of anilines is 1. The summed E-state index contributed by atoms with van der Waals surface area (Å²) >= 11 is 24.9. The van der Waals surface area contributed by atoms with E-state index in [2.05, 4.69) is 20.8 Å². The highest BCUT2D eigenvalue weighted by Crippen LogP contribution is 2.25. The molecule has 2 aromatic carbocycles. The van der Waals surface area contributed by atoms with Crippen LogP contribution in [0.25, 0.3) is 0 Å². The molecule has 0 spiro atoms. The largest absolute Gasteiger partial charge is 0.345 e. The second-order valence-electron chi connectivity index (χ2n) is 6.23. The maximum Gasteiger partial charge on any atom is 0.253 e. The molecule has 3 rings (SSSR count). The van der Waals surface area contributed by atoms with Crippen LogP contribution in [0, 0.1) is 0 Å². The molecule has 0 aliphatic rings. The Morgan fingerprint density at radius 3 is 2.48 bits per heavy atom. The monoisotopic (exact) mass is 517 g/mol. The number of carbonyl (C=O) groups is 2. The quantitative estimate of drug-likeness (QED) is 0.425. The lowest BCUT2D eigenvalue weighted by Gasteiger charge is -2.08. The van der Waals surface area contributed by atoms with Gasteiger partial charge in [0.15, 0.2) is 11.0 Å². The molecule has 0 aliphatic heterocycles. The minimum absolute atomic E-state index is 0.110. The summed E-state index contributed by atoms with van der Waals surface area (Å²) in [4.78, 5) is 24.5. The standard InChI is InChI=1S/C19H15Cl4N5O2S/c1-28-16(8-24-18(30)12-4-2-10(20)6-14(12)22)26-27-19(28)31-9-17(29)25-11-3-5-13(21)15(23)7-11/h2-7H,8-9H2,1H3,(H,24,30)(H,25,29). The van der Waals surface area contributed by atoms with E-state index in [0.717, 1.165) is 0 Å². The van der Waals surface area contributed by atoms with E-state index in [1.54, 1.807) is 41.9 Å². The molecule has 2 N–H and O–H groups in total. The number of rotatable bonds is 7. The van der Waals surface area contributed by atoms with Gasteiger partial charge >= 0.3 is 0 Å². The lowest BCUT2D eigenvalue weighted by atomic mass is 10.2. The highest BCUT2D eigenvalue weighted by atomic mass is 35.5. The van der Waals surface area contributed by atoms with Crippen molar-refractivity contribution in [3.8, 4) is 0 Å². The van der Waals surface area contributed by atoms with Crippen molar-refractivity contribution >= 4 is 75.7 Å². The molecule has 7 nitrogen and oxygen atoms in total. The molecule has 0 radical (unpaired) electrons. The van der Waals surface area contributed by atoms with Crippen molar-refractivity contribution in [3.05, 3.63) is 67.9 Å². The number of aromatic nitrogens is 3. The fraction of sp³-hybridized carbons (Fsp3) is 0.158. The number of hydrogen-bond donors (Lipinski definition) is 2. The third-order valence-corrected chi connectivity index (χ3v) is 6.35. The Labute approximate surface area is 202 Å². The number of nitrogens with zero attached hydrogens (tertiary/aromatic N) is 3. The number of nitrogens with one attached hydrogen (secondary N) is 2. The second kappa shape index (κ2) is 10.6. The summed E-state index contributed by atoms with van der Waals surface area (Å²) in [6, 6.07) is 9.47. The number of hydrogen-bond acceptors (Lipinski definition) is 5. The first-order valence-electron chi connectivity index (χ1n) is 8.74. The Morgan fingerprint density at radius 1 is 1.00 bits per heavy atom. The van der Waals surface area contributed by atoms with Gasteiger partial charge in [-0.3, -0.25) is 9.59 Å². The van der Waals surface area contributed by atoms with Gasteiger partial charge in [0.2, 0.25) is 5.91 Å². The van der Waals surface area contributed by atoms with E-state index >= 15 is 0 Å². The molecule has 1 aromatic heterocycles. The molecular weight excluding hydrogens is 504 g/mol. The zero-order valence-electron chi connectivity index (χ0n) is 16.0. The smallest absolute Gasteiger partial charge is 0.253 e. The van der Waals surface area contributed by atoms with E-state index < -0.39 is 0 Å². The van der Waals surface area contributed by atoms with Crippen molar-refractivity contribution in [2.24, 2.45) is 7.05 Å². The summed E-state index contributed by atoms with van der Waals surface area (Å²) < 4.78 is 1.70. The van der Waals surface area contributed by atoms with Crippen LogP contribution in [0.1, 0.15) is 16.2 Å². The average Bonchev–Trinajstić information content (AvgIpc) is 3.07. The van der Waals surface area contributed by atoms with Crippen LogP contribution in [0.5, 0.6) is 0 Å². The summed E-state index contributed by atoms with van der Waals surface area (Å²) in [5, 5.41) is 15.6. The van der Waals surface area contributed by atoms with Gasteiger partial charge < -0.3 is 15.2 Å². The van der Waals surface area contributed by atoms with E-state index in [1.165, 1.54) is 17.8 Å². The van der Waals surface area contributed by atoms with E-state index in [-0.39, 0.29) is 29.1 Å². The molecule has 31 heavy (non-hydrogen) atoms. The third-order valence-electron chi connectivity index (χ3n) is 4.04. The molecule has 0 aliphatic carbocycles. The SMILES string of the molecule is Cn1c(CNC(=O)c2ccc(Cl)cc2Cl)nnc1SCC(=O)Nc1ccc(Cl)c(Cl)c1. The van der Waals surface area contributed by atoms with Gasteiger partial charge in [0.1, 0.15) is 0 Å². The number of carbonyl (C=O) groups excluding carboxylic acids is 2. The fourth-order valence-corrected chi connectivity index (χ4v) is 3.98. The van der Waals surface area contributed by atoms with Crippen molar-refractivity contribution in [2.75, 3.05) is 11.1 Å². The van der Waals surface area contributed by atoms with Crippen LogP contribution in [0.15, 0.2) is 41.6 Å². The van der Waals surface area contributed by atoms with Crippen LogP contribution in [-0.2, 0) is 18.4 Å². The van der Waals surface area contributed by atoms with Crippen molar-refractivity contribution in [1.82, 2.24) is 20.1 Å². The lowest BCUT2D eigenvalue weighted by Crippen LogP contribution is -2.24. The van der Waals surface area contributed by atoms with Crippen LogP contribution in [-0.4, -0.2) is 32.3 Å². The lowest BCUT2D eigenvalue weighted by molar-refractivity contribution is -0.113. The summed E-state index contributed by atoms with van der Waals surface area (Å²) in [6.07, 6.45) is 0. The van der Waals surface area contributed by atoms with Crippen LogP contribution in [0.3, 0.4) is 0 Å². The maximum absolute atomic E-state index is 12.3. The highest BCUT2D eigenvalue weighted by Gasteiger charge is 2.15. The van der Waals surface area contributed by atoms with Crippen LogP contribution < -0.4 is 10.6 Å². The van der Waals surface area contributed by atoms with E-state index in [0.29, 0.717) is 37.3 Å². The zero-order valence-corrected chi connectivity index (χ0v) is 19.8. The Bertz CT molecular complexity index is 1140. The van der Waals surface area contributed by atoms with Crippen LogP contribution in [0.4, 0.5) is 5.69 Å². The molecule has 0 unspecified atom stereocenters. The van der Waals surface area contributed by atoms with E-state index in [1.807, 2.05) is 0 Å². The first kappa shape index (κ1) is 23.7. The van der Waals surface area contributed by atoms with Crippen molar-refractivity contribution in [2.45, 2.75) is 11.7 Å². The Hall–Kier alpha value is -1.97. The summed E-state index contributed by atoms with van der Waals surface area (Å²) in [6.45, 7) is 0.136. The van der Waals surface area contributed by atoms with Gasteiger partial charge in [-0.25, -0.2) is 0 Å². The van der Waals surface area contributed by atoms with Gasteiger partial charge in [0.25, 0.3) is 5.91 Å². The van der Waals surface area contributed by atoms with E-state index in [4.69, 9.17) is 46.4 Å². The molecule has 0 bridgehead atoms. The van der Waals surface area contributed by atoms with Crippen LogP contribution in [0.2, 0.25) is 20.1 Å². The predicted octanol–water partition coefficient (Wildman–Crippen LogP) is 5.09. The molecular formula is C19H15Cl4N5O2S. The van der Waals surface area contributed by atoms with Crippen molar-refractivity contribution in [1.29, 1.82) is 0 Å². The number of benzene rings is 2. The molecule has 2 amide bonds.